The largest absolute Gasteiger partial charge is 0.508 e. The second-order valence-corrected chi connectivity index (χ2v) is 14.7. The van der Waals surface area contributed by atoms with Crippen LogP contribution in [0.5, 0.6) is 5.75 Å². The molecule has 0 aromatic heterocycles. The van der Waals surface area contributed by atoms with Crippen molar-refractivity contribution in [3.8, 4) is 5.75 Å². The Hall–Kier alpha value is -4.99. The molecule has 2 aliphatic carbocycles. The van der Waals surface area contributed by atoms with Crippen LogP contribution in [0.3, 0.4) is 0 Å². The summed E-state index contributed by atoms with van der Waals surface area (Å²) in [5, 5.41) is 12.4. The standard InChI is InChI=1S/C40H32Cl2FN3O5/c1-20-3-13-27(18-32(20)42)45-36(48)29-15-14-28-30(34(29)38(45)50)19-31-37(49)46(44-26-11-9-25(43)10-12-26)39(51)40(31,23-5-7-24(41)8-6-23)35(28)22-4-16-33(47)21(2)17-22/h3-14,16-18,29-31,34-35,44,47H,15,19H2,1-2H3/t29-,30+,31-,34-,35-,40+/m0/s1. The zero-order valence-corrected chi connectivity index (χ0v) is 29.1. The van der Waals surface area contributed by atoms with E-state index in [1.165, 1.54) is 29.2 Å². The van der Waals surface area contributed by atoms with Crippen LogP contribution in [0.2, 0.25) is 10.0 Å². The summed E-state index contributed by atoms with van der Waals surface area (Å²) in [6.45, 7) is 3.59. The number of anilines is 2. The van der Waals surface area contributed by atoms with Crippen LogP contribution in [0, 0.1) is 43.3 Å². The minimum Gasteiger partial charge on any atom is -0.508 e. The first-order valence-electron chi connectivity index (χ1n) is 16.7. The van der Waals surface area contributed by atoms with Gasteiger partial charge < -0.3 is 5.11 Å². The fourth-order valence-electron chi connectivity index (χ4n) is 8.86. The van der Waals surface area contributed by atoms with Crippen molar-refractivity contribution in [3.05, 3.63) is 135 Å². The second kappa shape index (κ2) is 12.1. The number of nitrogens with one attached hydrogen (secondary N) is 1. The zero-order chi connectivity index (χ0) is 35.9. The first-order valence-corrected chi connectivity index (χ1v) is 17.5. The Kier molecular flexibility index (Phi) is 7.85. The number of nitrogens with zero attached hydrogens (tertiary/aromatic N) is 2. The lowest BCUT2D eigenvalue weighted by atomic mass is 9.49. The van der Waals surface area contributed by atoms with Gasteiger partial charge in [-0.15, -0.1) is 0 Å². The summed E-state index contributed by atoms with van der Waals surface area (Å²) in [7, 11) is 0. The normalized spacial score (nSPS) is 26.9. The molecule has 51 heavy (non-hydrogen) atoms. The first-order chi connectivity index (χ1) is 24.4. The van der Waals surface area contributed by atoms with Gasteiger partial charge in [-0.3, -0.25) is 24.6 Å². The number of aromatic hydroxyl groups is 1. The Balaban J connectivity index is 1.32. The third-order valence-corrected chi connectivity index (χ3v) is 11.9. The second-order valence-electron chi connectivity index (χ2n) is 13.9. The first kappa shape index (κ1) is 33.2. The molecule has 4 aromatic rings. The smallest absolute Gasteiger partial charge is 0.260 e. The van der Waals surface area contributed by atoms with Crippen LogP contribution < -0.4 is 10.3 Å². The number of halogens is 3. The van der Waals surface area contributed by atoms with E-state index in [0.717, 1.165) is 16.1 Å². The van der Waals surface area contributed by atoms with Crippen molar-refractivity contribution >= 4 is 58.2 Å². The topological polar surface area (TPSA) is 107 Å². The number of benzene rings is 4. The van der Waals surface area contributed by atoms with Gasteiger partial charge >= 0.3 is 0 Å². The van der Waals surface area contributed by atoms with Crippen molar-refractivity contribution in [3.63, 3.8) is 0 Å². The molecule has 3 fully saturated rings. The third-order valence-electron chi connectivity index (χ3n) is 11.2. The molecule has 2 aliphatic heterocycles. The molecule has 2 saturated heterocycles. The van der Waals surface area contributed by atoms with E-state index in [1.807, 2.05) is 13.0 Å². The molecular formula is C40H32Cl2FN3O5. The van der Waals surface area contributed by atoms with Crippen LogP contribution in [-0.4, -0.2) is 33.7 Å². The fourth-order valence-corrected chi connectivity index (χ4v) is 9.16. The lowest BCUT2D eigenvalue weighted by molar-refractivity contribution is -0.138. The molecule has 0 bridgehead atoms. The number of hydrogen-bond donors (Lipinski definition) is 2. The number of phenols is 1. The van der Waals surface area contributed by atoms with Crippen LogP contribution in [0.1, 0.15) is 41.0 Å². The number of amides is 4. The number of rotatable bonds is 5. The molecule has 6 atom stereocenters. The number of hydrazine groups is 1. The Morgan fingerprint density at radius 2 is 1.55 bits per heavy atom. The van der Waals surface area contributed by atoms with Crippen molar-refractivity contribution in [1.29, 1.82) is 0 Å². The molecule has 4 amide bonds. The van der Waals surface area contributed by atoms with Gasteiger partial charge in [0.1, 0.15) is 11.6 Å². The van der Waals surface area contributed by atoms with Crippen molar-refractivity contribution in [1.82, 2.24) is 5.01 Å². The lowest BCUT2D eigenvalue weighted by Gasteiger charge is -2.50. The Labute approximate surface area is 303 Å². The monoisotopic (exact) mass is 723 g/mol. The molecule has 1 saturated carbocycles. The van der Waals surface area contributed by atoms with Crippen LogP contribution in [0.4, 0.5) is 15.8 Å². The van der Waals surface area contributed by atoms with Gasteiger partial charge in [0, 0.05) is 16.0 Å². The van der Waals surface area contributed by atoms with Gasteiger partial charge in [-0.2, -0.15) is 5.01 Å². The molecule has 8 nitrogen and oxygen atoms in total. The highest BCUT2D eigenvalue weighted by molar-refractivity contribution is 6.32. The number of fused-ring (bicyclic) bond motifs is 4. The van der Waals surface area contributed by atoms with Gasteiger partial charge in [-0.1, -0.05) is 65.2 Å². The Bertz CT molecular complexity index is 2190. The van der Waals surface area contributed by atoms with Crippen LogP contribution in [0.25, 0.3) is 0 Å². The van der Waals surface area contributed by atoms with E-state index in [-0.39, 0.29) is 30.4 Å². The number of aryl methyl sites for hydroxylation is 2. The highest BCUT2D eigenvalue weighted by Gasteiger charge is 2.70. The van der Waals surface area contributed by atoms with Gasteiger partial charge in [-0.05, 0) is 109 Å². The zero-order valence-electron chi connectivity index (χ0n) is 27.6. The van der Waals surface area contributed by atoms with Gasteiger partial charge in [0.25, 0.3) is 11.8 Å². The summed E-state index contributed by atoms with van der Waals surface area (Å²) < 4.78 is 13.8. The van der Waals surface area contributed by atoms with E-state index in [9.17, 15) is 23.9 Å². The van der Waals surface area contributed by atoms with Crippen molar-refractivity contribution < 1.29 is 28.7 Å². The average Bonchev–Trinajstić information content (AvgIpc) is 3.49. The molecule has 4 aliphatic rings. The van der Waals surface area contributed by atoms with Crippen molar-refractivity contribution in [2.45, 2.75) is 38.0 Å². The number of hydrogen-bond acceptors (Lipinski definition) is 6. The number of imide groups is 2. The highest BCUT2D eigenvalue weighted by atomic mass is 35.5. The van der Waals surface area contributed by atoms with Gasteiger partial charge in [-0.25, -0.2) is 9.29 Å². The average molecular weight is 725 g/mol. The molecule has 0 unspecified atom stereocenters. The molecule has 2 heterocycles. The van der Waals surface area contributed by atoms with E-state index < -0.39 is 52.6 Å². The molecule has 11 heteroatoms. The Morgan fingerprint density at radius 1 is 0.824 bits per heavy atom. The van der Waals surface area contributed by atoms with E-state index in [0.29, 0.717) is 38.1 Å². The van der Waals surface area contributed by atoms with E-state index in [1.54, 1.807) is 67.6 Å². The van der Waals surface area contributed by atoms with E-state index in [4.69, 9.17) is 23.2 Å². The minimum atomic E-state index is -1.51. The van der Waals surface area contributed by atoms with Gasteiger partial charge in [0.05, 0.1) is 34.5 Å². The van der Waals surface area contributed by atoms with E-state index >= 15 is 4.79 Å². The summed E-state index contributed by atoms with van der Waals surface area (Å²) in [6.07, 6.45) is 2.33. The van der Waals surface area contributed by atoms with Crippen LogP contribution >= 0.6 is 23.2 Å². The summed E-state index contributed by atoms with van der Waals surface area (Å²) in [5.74, 6) is -5.94. The van der Waals surface area contributed by atoms with Crippen molar-refractivity contribution in [2.24, 2.45) is 23.7 Å². The summed E-state index contributed by atoms with van der Waals surface area (Å²) in [4.78, 5) is 59.7. The van der Waals surface area contributed by atoms with Gasteiger partial charge in [0.15, 0.2) is 0 Å². The molecule has 8 rings (SSSR count). The molecule has 4 aromatic carbocycles. The maximum Gasteiger partial charge on any atom is 0.260 e. The van der Waals surface area contributed by atoms with Crippen molar-refractivity contribution in [2.75, 3.05) is 10.3 Å². The highest BCUT2D eigenvalue weighted by Crippen LogP contribution is 2.64. The quantitative estimate of drug-likeness (QED) is 0.162. The Morgan fingerprint density at radius 3 is 2.24 bits per heavy atom. The SMILES string of the molecule is Cc1cc([C@H]2C3=CC[C@@H]4C(=O)N(c5ccc(C)c(Cl)c5)C(=O)[C@@H]4[C@@H]3C[C@H]3C(=O)N(Nc4ccc(F)cc4)C(=O)[C@@]23c2ccc(Cl)cc2)ccc1O. The lowest BCUT2D eigenvalue weighted by Crippen LogP contribution is -2.53. The van der Waals surface area contributed by atoms with Crippen LogP contribution in [0.15, 0.2) is 96.6 Å². The predicted molar refractivity (Wildman–Crippen MR) is 191 cm³/mol. The number of allylic oxidation sites excluding steroid dienone is 2. The maximum atomic E-state index is 15.2. The molecule has 0 spiro atoms. The summed E-state index contributed by atoms with van der Waals surface area (Å²) >= 11 is 12.8. The van der Waals surface area contributed by atoms with E-state index in [2.05, 4.69) is 5.43 Å². The molecular weight excluding hydrogens is 692 g/mol. The number of carbonyl (C=O) groups is 4. The molecule has 2 N–H and O–H groups in total. The third kappa shape index (κ3) is 4.93. The number of carbonyl (C=O) groups excluding carboxylic acids is 4. The summed E-state index contributed by atoms with van der Waals surface area (Å²) in [6, 6.07) is 22.4. The van der Waals surface area contributed by atoms with Gasteiger partial charge in [0.2, 0.25) is 11.8 Å². The number of phenolic OH excluding ortho intramolecular Hbond substituents is 1. The fraction of sp³-hybridized carbons (Fsp3) is 0.250. The molecule has 0 radical (unpaired) electrons. The maximum absolute atomic E-state index is 15.2. The van der Waals surface area contributed by atoms with Crippen LogP contribution in [-0.2, 0) is 24.6 Å². The summed E-state index contributed by atoms with van der Waals surface area (Å²) in [5.41, 5.74) is 5.53. The predicted octanol–water partition coefficient (Wildman–Crippen LogP) is 7.64. The molecule has 258 valence electrons. The minimum absolute atomic E-state index is 0.0679.